The van der Waals surface area contributed by atoms with E-state index in [4.69, 9.17) is 44.3 Å². The minimum absolute atomic E-state index is 0.346. The lowest BCUT2D eigenvalue weighted by molar-refractivity contribution is -0.111. The molecule has 0 atom stereocenters. The number of hydrogen-bond acceptors (Lipinski definition) is 5. The van der Waals surface area contributed by atoms with E-state index in [9.17, 15) is 4.79 Å². The predicted molar refractivity (Wildman–Crippen MR) is 131 cm³/mol. The van der Waals surface area contributed by atoms with Gasteiger partial charge in [-0.05, 0) is 54.6 Å². The molecule has 0 aliphatic rings. The van der Waals surface area contributed by atoms with Crippen LogP contribution >= 0.6 is 34.8 Å². The van der Waals surface area contributed by atoms with Crippen LogP contribution in [0.3, 0.4) is 0 Å². The summed E-state index contributed by atoms with van der Waals surface area (Å²) in [5.74, 6) is 0.650. The van der Waals surface area contributed by atoms with Crippen LogP contribution in [0.1, 0.15) is 5.56 Å². The number of amides is 1. The van der Waals surface area contributed by atoms with Gasteiger partial charge in [0.05, 0.1) is 30.0 Å². The van der Waals surface area contributed by atoms with Gasteiger partial charge in [0.25, 0.3) is 0 Å². The Morgan fingerprint density at radius 2 is 1.73 bits per heavy atom. The molecule has 1 heterocycles. The van der Waals surface area contributed by atoms with Crippen molar-refractivity contribution in [1.29, 1.82) is 0 Å². The van der Waals surface area contributed by atoms with Gasteiger partial charge in [-0.15, -0.1) is 10.2 Å². The summed E-state index contributed by atoms with van der Waals surface area (Å²) in [6.07, 6.45) is 2.94. The lowest BCUT2D eigenvalue weighted by atomic mass is 10.2. The van der Waals surface area contributed by atoms with E-state index >= 15 is 0 Å². The summed E-state index contributed by atoms with van der Waals surface area (Å²) >= 11 is 18.4. The van der Waals surface area contributed by atoms with Crippen LogP contribution in [-0.2, 0) is 4.79 Å². The van der Waals surface area contributed by atoms with Crippen molar-refractivity contribution >= 4 is 63.5 Å². The highest BCUT2D eigenvalue weighted by Gasteiger charge is 2.10. The van der Waals surface area contributed by atoms with E-state index in [0.29, 0.717) is 54.5 Å². The maximum Gasteiger partial charge on any atom is 0.248 e. The molecule has 33 heavy (non-hydrogen) atoms. The van der Waals surface area contributed by atoms with Crippen LogP contribution in [0.2, 0.25) is 15.1 Å². The zero-order chi connectivity index (χ0) is 23.5. The van der Waals surface area contributed by atoms with Gasteiger partial charge < -0.3 is 14.8 Å². The Hall–Kier alpha value is -3.26. The fourth-order valence-electron chi connectivity index (χ4n) is 3.16. The first-order chi connectivity index (χ1) is 15.9. The quantitative estimate of drug-likeness (QED) is 0.324. The summed E-state index contributed by atoms with van der Waals surface area (Å²) in [6.45, 7) is 0. The van der Waals surface area contributed by atoms with E-state index in [-0.39, 0.29) is 5.91 Å². The van der Waals surface area contributed by atoms with Crippen molar-refractivity contribution in [2.24, 2.45) is 0 Å². The van der Waals surface area contributed by atoms with Gasteiger partial charge in [0.2, 0.25) is 5.91 Å². The summed E-state index contributed by atoms with van der Waals surface area (Å²) in [4.78, 5) is 13.9. The second-order valence-corrected chi connectivity index (χ2v) is 8.10. The third-order valence-corrected chi connectivity index (χ3v) is 5.46. The molecular formula is C23H17Cl3N4O3. The largest absolute Gasteiger partial charge is 0.495 e. The van der Waals surface area contributed by atoms with Crippen LogP contribution < -0.4 is 14.8 Å². The van der Waals surface area contributed by atoms with Gasteiger partial charge in [0.15, 0.2) is 0 Å². The van der Waals surface area contributed by atoms with E-state index in [0.717, 1.165) is 0 Å². The number of carbonyl (C=O) groups excluding carboxylic acids is 1. The zero-order valence-electron chi connectivity index (χ0n) is 17.5. The molecule has 1 amide bonds. The van der Waals surface area contributed by atoms with Crippen LogP contribution in [0.15, 0.2) is 54.6 Å². The van der Waals surface area contributed by atoms with E-state index in [1.54, 1.807) is 61.7 Å². The molecular weight excluding hydrogens is 487 g/mol. The first-order valence-electron chi connectivity index (χ1n) is 9.61. The van der Waals surface area contributed by atoms with Crippen molar-refractivity contribution in [2.45, 2.75) is 0 Å². The molecule has 0 unspecified atom stereocenters. The number of rotatable bonds is 6. The first-order valence-corrected chi connectivity index (χ1v) is 10.7. The van der Waals surface area contributed by atoms with E-state index in [1.165, 1.54) is 18.0 Å². The zero-order valence-corrected chi connectivity index (χ0v) is 19.7. The number of halogens is 3. The normalized spacial score (nSPS) is 11.2. The average molecular weight is 504 g/mol. The minimum atomic E-state index is -0.346. The molecule has 7 nitrogen and oxygen atoms in total. The molecule has 0 radical (unpaired) electrons. The van der Waals surface area contributed by atoms with E-state index in [2.05, 4.69) is 15.5 Å². The number of fused-ring (bicyclic) bond motifs is 1. The highest BCUT2D eigenvalue weighted by atomic mass is 35.5. The maximum atomic E-state index is 12.4. The van der Waals surface area contributed by atoms with Crippen LogP contribution in [0.25, 0.3) is 22.8 Å². The molecule has 4 rings (SSSR count). The standard InChI is InChI=1S/C23H17Cl3N4O3/c1-32-21-7-5-16(12-17(21)25)30-28-19-6-4-15(11-20(19)29-30)27-22(31)8-3-13-9-14(24)10-18(26)23(13)33-2/h3-12H,1-2H3,(H,27,31)/b8-3+. The molecule has 0 fully saturated rings. The summed E-state index contributed by atoms with van der Waals surface area (Å²) in [5.41, 5.74) is 3.09. The van der Waals surface area contributed by atoms with E-state index in [1.807, 2.05) is 0 Å². The molecule has 0 saturated carbocycles. The maximum absolute atomic E-state index is 12.4. The number of methoxy groups -OCH3 is 2. The van der Waals surface area contributed by atoms with Gasteiger partial charge in [-0.1, -0.05) is 34.8 Å². The fourth-order valence-corrected chi connectivity index (χ4v) is 3.99. The Balaban J connectivity index is 1.53. The van der Waals surface area contributed by atoms with Crippen molar-refractivity contribution in [3.8, 4) is 17.2 Å². The molecule has 4 aromatic rings. The molecule has 0 spiro atoms. The molecule has 0 aliphatic heterocycles. The molecule has 3 aromatic carbocycles. The highest BCUT2D eigenvalue weighted by Crippen LogP contribution is 2.33. The highest BCUT2D eigenvalue weighted by molar-refractivity contribution is 6.36. The molecule has 168 valence electrons. The van der Waals surface area contributed by atoms with Crippen molar-refractivity contribution in [1.82, 2.24) is 15.0 Å². The van der Waals surface area contributed by atoms with Crippen molar-refractivity contribution in [3.05, 3.63) is 75.2 Å². The van der Waals surface area contributed by atoms with Crippen molar-refractivity contribution < 1.29 is 14.3 Å². The van der Waals surface area contributed by atoms with Gasteiger partial charge in [-0.3, -0.25) is 4.79 Å². The molecule has 10 heteroatoms. The van der Waals surface area contributed by atoms with Crippen LogP contribution in [0.5, 0.6) is 11.5 Å². The number of nitrogens with zero attached hydrogens (tertiary/aromatic N) is 3. The Morgan fingerprint density at radius 3 is 2.45 bits per heavy atom. The Bertz CT molecular complexity index is 1390. The van der Waals surface area contributed by atoms with Gasteiger partial charge in [-0.25, -0.2) is 0 Å². The van der Waals surface area contributed by atoms with Crippen LogP contribution in [-0.4, -0.2) is 35.1 Å². The summed E-state index contributed by atoms with van der Waals surface area (Å²) in [6, 6.07) is 13.7. The van der Waals surface area contributed by atoms with Crippen molar-refractivity contribution in [2.75, 3.05) is 19.5 Å². The monoisotopic (exact) mass is 502 g/mol. The van der Waals surface area contributed by atoms with Crippen molar-refractivity contribution in [3.63, 3.8) is 0 Å². The SMILES string of the molecule is COc1ccc(-n2nc3ccc(NC(=O)/C=C/c4cc(Cl)cc(Cl)c4OC)cc3n2)cc1Cl. The second kappa shape index (κ2) is 9.70. The Labute approximate surface area is 204 Å². The molecule has 0 saturated heterocycles. The summed E-state index contributed by atoms with van der Waals surface area (Å²) in [7, 11) is 3.04. The topological polar surface area (TPSA) is 78.3 Å². The number of benzene rings is 3. The summed E-state index contributed by atoms with van der Waals surface area (Å²) in [5, 5.41) is 13.0. The number of nitrogens with one attached hydrogen (secondary N) is 1. The molecule has 0 bridgehead atoms. The van der Waals surface area contributed by atoms with Crippen LogP contribution in [0, 0.1) is 0 Å². The van der Waals surface area contributed by atoms with Gasteiger partial charge in [-0.2, -0.15) is 4.80 Å². The predicted octanol–water partition coefficient (Wildman–Crippen LogP) is 6.05. The second-order valence-electron chi connectivity index (χ2n) is 6.84. The first kappa shape index (κ1) is 22.9. The molecule has 1 N–H and O–H groups in total. The Morgan fingerprint density at radius 1 is 0.939 bits per heavy atom. The fraction of sp³-hybridized carbons (Fsp3) is 0.0870. The third-order valence-electron chi connectivity index (χ3n) is 4.67. The smallest absolute Gasteiger partial charge is 0.248 e. The minimum Gasteiger partial charge on any atom is -0.495 e. The van der Waals surface area contributed by atoms with Gasteiger partial charge >= 0.3 is 0 Å². The lowest BCUT2D eigenvalue weighted by Gasteiger charge is -2.08. The third kappa shape index (κ3) is 5.06. The van der Waals surface area contributed by atoms with Crippen LogP contribution in [0.4, 0.5) is 5.69 Å². The van der Waals surface area contributed by atoms with Gasteiger partial charge in [0, 0.05) is 22.3 Å². The average Bonchev–Trinajstić information content (AvgIpc) is 3.21. The molecule has 0 aliphatic carbocycles. The number of aromatic nitrogens is 3. The number of ether oxygens (including phenoxy) is 2. The van der Waals surface area contributed by atoms with E-state index < -0.39 is 0 Å². The number of anilines is 1. The van der Waals surface area contributed by atoms with Gasteiger partial charge in [0.1, 0.15) is 22.5 Å². The number of hydrogen-bond donors (Lipinski definition) is 1. The molecule has 1 aromatic heterocycles. The number of carbonyl (C=O) groups is 1. The lowest BCUT2D eigenvalue weighted by Crippen LogP contribution is -2.07. The summed E-state index contributed by atoms with van der Waals surface area (Å²) < 4.78 is 10.5. The Kier molecular flexibility index (Phi) is 6.74.